The van der Waals surface area contributed by atoms with Crippen molar-refractivity contribution < 1.29 is 32.2 Å². The molecule has 1 aliphatic rings. The van der Waals surface area contributed by atoms with Crippen molar-refractivity contribution in [1.82, 2.24) is 15.2 Å². The minimum absolute atomic E-state index is 0.0449. The van der Waals surface area contributed by atoms with Gasteiger partial charge in [-0.25, -0.2) is 9.78 Å². The van der Waals surface area contributed by atoms with Crippen LogP contribution >= 0.6 is 11.3 Å². The van der Waals surface area contributed by atoms with Gasteiger partial charge in [0.15, 0.2) is 0 Å². The van der Waals surface area contributed by atoms with Gasteiger partial charge < -0.3 is 19.7 Å². The van der Waals surface area contributed by atoms with Crippen LogP contribution < -0.4 is 10.1 Å². The molecule has 1 fully saturated rings. The molecule has 1 N–H and O–H groups in total. The van der Waals surface area contributed by atoms with Gasteiger partial charge in [-0.1, -0.05) is 0 Å². The highest BCUT2D eigenvalue weighted by Gasteiger charge is 2.39. The number of halogens is 3. The van der Waals surface area contributed by atoms with Crippen LogP contribution in [0.3, 0.4) is 0 Å². The van der Waals surface area contributed by atoms with Crippen molar-refractivity contribution in [2.75, 3.05) is 7.05 Å². The highest BCUT2D eigenvalue weighted by atomic mass is 32.1. The van der Waals surface area contributed by atoms with E-state index in [1.165, 1.54) is 12.4 Å². The first-order valence-corrected chi connectivity index (χ1v) is 11.5. The Bertz CT molecular complexity index is 1040. The number of nitrogens with zero attached hydrogens (tertiary/aromatic N) is 2. The fourth-order valence-corrected chi connectivity index (χ4v) is 5.04. The summed E-state index contributed by atoms with van der Waals surface area (Å²) in [7, 11) is 1.40. The Kier molecular flexibility index (Phi) is 6.84. The largest absolute Gasteiger partial charge is 0.474 e. The quantitative estimate of drug-likeness (QED) is 0.641. The highest BCUT2D eigenvalue weighted by Crippen LogP contribution is 2.40. The molecule has 182 valence electrons. The first kappa shape index (κ1) is 25.1. The summed E-state index contributed by atoms with van der Waals surface area (Å²) in [5.41, 5.74) is -1.51. The molecule has 1 aliphatic heterocycles. The van der Waals surface area contributed by atoms with E-state index in [1.807, 2.05) is 13.8 Å². The van der Waals surface area contributed by atoms with Crippen LogP contribution in [0.25, 0.3) is 10.2 Å². The topological polar surface area (TPSA) is 80.8 Å². The molecule has 7 nitrogen and oxygen atoms in total. The van der Waals surface area contributed by atoms with Crippen molar-refractivity contribution in [2.45, 2.75) is 77.4 Å². The number of pyridine rings is 1. The fraction of sp³-hybridized carbons (Fsp3) is 0.591. The second-order valence-corrected chi connectivity index (χ2v) is 10.1. The van der Waals surface area contributed by atoms with Crippen LogP contribution in [0.5, 0.6) is 5.88 Å². The van der Waals surface area contributed by atoms with E-state index in [-0.39, 0.29) is 33.7 Å². The van der Waals surface area contributed by atoms with E-state index < -0.39 is 35.4 Å². The lowest BCUT2D eigenvalue weighted by Gasteiger charge is -2.42. The summed E-state index contributed by atoms with van der Waals surface area (Å²) in [6, 6.07) is 0.381. The van der Waals surface area contributed by atoms with E-state index in [4.69, 9.17) is 9.47 Å². The van der Waals surface area contributed by atoms with Crippen LogP contribution in [0.1, 0.15) is 63.4 Å². The molecule has 0 aliphatic carbocycles. The van der Waals surface area contributed by atoms with Crippen molar-refractivity contribution in [3.05, 3.63) is 22.6 Å². The SMILES string of the molecule is CNC(=O)c1csc2c(C(F)(F)F)cc(OC3C[C@@H](C)N(C(=O)OC(C)(C)C)[C@@H](C)C3)nc12. The van der Waals surface area contributed by atoms with Gasteiger partial charge in [0.25, 0.3) is 5.91 Å². The van der Waals surface area contributed by atoms with Gasteiger partial charge in [0.1, 0.15) is 11.7 Å². The number of alkyl halides is 3. The summed E-state index contributed by atoms with van der Waals surface area (Å²) >= 11 is 0.818. The van der Waals surface area contributed by atoms with Gasteiger partial charge in [0, 0.05) is 43.4 Å². The number of fused-ring (bicyclic) bond motifs is 1. The maximum absolute atomic E-state index is 13.7. The second kappa shape index (κ2) is 9.00. The lowest BCUT2D eigenvalue weighted by Crippen LogP contribution is -2.53. The number of piperidine rings is 1. The molecule has 33 heavy (non-hydrogen) atoms. The number of ether oxygens (including phenoxy) is 2. The number of amides is 2. The summed E-state index contributed by atoms with van der Waals surface area (Å²) in [6.45, 7) is 9.04. The van der Waals surface area contributed by atoms with Crippen LogP contribution in [0.4, 0.5) is 18.0 Å². The lowest BCUT2D eigenvalue weighted by molar-refractivity contribution is -0.136. The van der Waals surface area contributed by atoms with Gasteiger partial charge in [-0.05, 0) is 34.6 Å². The summed E-state index contributed by atoms with van der Waals surface area (Å²) in [5, 5.41) is 3.78. The number of aromatic nitrogens is 1. The van der Waals surface area contributed by atoms with E-state index in [1.54, 1.807) is 25.7 Å². The molecule has 11 heteroatoms. The minimum atomic E-state index is -4.63. The monoisotopic (exact) mass is 487 g/mol. The molecule has 2 amide bonds. The molecule has 3 atom stereocenters. The van der Waals surface area contributed by atoms with Crippen molar-refractivity contribution >= 4 is 33.6 Å². The normalized spacial score (nSPS) is 21.7. The third-order valence-electron chi connectivity index (χ3n) is 5.33. The number of likely N-dealkylation sites (tertiary alicyclic amines) is 1. The zero-order chi connectivity index (χ0) is 24.7. The number of hydrogen-bond acceptors (Lipinski definition) is 6. The number of thiophene rings is 1. The molecule has 0 aromatic carbocycles. The van der Waals surface area contributed by atoms with E-state index in [9.17, 15) is 22.8 Å². The third-order valence-corrected chi connectivity index (χ3v) is 6.33. The first-order chi connectivity index (χ1) is 15.2. The Labute approximate surface area is 194 Å². The maximum atomic E-state index is 13.7. The molecule has 0 radical (unpaired) electrons. The molecule has 0 saturated carbocycles. The highest BCUT2D eigenvalue weighted by molar-refractivity contribution is 7.17. The van der Waals surface area contributed by atoms with Gasteiger partial charge in [-0.2, -0.15) is 13.2 Å². The molecule has 2 aromatic heterocycles. The Morgan fingerprint density at radius 1 is 1.18 bits per heavy atom. The van der Waals surface area contributed by atoms with Crippen LogP contribution in [0.2, 0.25) is 0 Å². The molecule has 3 rings (SSSR count). The van der Waals surface area contributed by atoms with Gasteiger partial charge >= 0.3 is 12.3 Å². The Balaban J connectivity index is 1.88. The van der Waals surface area contributed by atoms with Gasteiger partial charge in [0.2, 0.25) is 5.88 Å². The molecule has 3 heterocycles. The van der Waals surface area contributed by atoms with E-state index in [0.29, 0.717) is 12.8 Å². The molecule has 0 bridgehead atoms. The van der Waals surface area contributed by atoms with Gasteiger partial charge in [-0.15, -0.1) is 11.3 Å². The van der Waals surface area contributed by atoms with E-state index in [2.05, 4.69) is 10.3 Å². The second-order valence-electron chi connectivity index (χ2n) is 9.21. The van der Waals surface area contributed by atoms with Crippen LogP contribution in [0, 0.1) is 0 Å². The Morgan fingerprint density at radius 2 is 1.79 bits per heavy atom. The molecule has 1 unspecified atom stereocenters. The predicted molar refractivity (Wildman–Crippen MR) is 119 cm³/mol. The zero-order valence-electron chi connectivity index (χ0n) is 19.4. The smallest absolute Gasteiger partial charge is 0.418 e. The summed E-state index contributed by atoms with van der Waals surface area (Å²) in [5.74, 6) is -0.722. The number of nitrogens with one attached hydrogen (secondary N) is 1. The Morgan fingerprint density at radius 3 is 2.30 bits per heavy atom. The van der Waals surface area contributed by atoms with Gasteiger partial charge in [0.05, 0.1) is 21.3 Å². The minimum Gasteiger partial charge on any atom is -0.474 e. The van der Waals surface area contributed by atoms with Crippen molar-refractivity contribution in [3.63, 3.8) is 0 Å². The summed E-state index contributed by atoms with van der Waals surface area (Å²) in [4.78, 5) is 30.6. The van der Waals surface area contributed by atoms with Gasteiger partial charge in [-0.3, -0.25) is 4.79 Å². The lowest BCUT2D eigenvalue weighted by atomic mass is 9.95. The molecule has 0 spiro atoms. The average molecular weight is 488 g/mol. The van der Waals surface area contributed by atoms with Crippen LogP contribution in [-0.4, -0.2) is 52.7 Å². The first-order valence-electron chi connectivity index (χ1n) is 10.6. The Hall–Kier alpha value is -2.56. The summed E-state index contributed by atoms with van der Waals surface area (Å²) < 4.78 is 52.5. The number of rotatable bonds is 3. The van der Waals surface area contributed by atoms with Crippen molar-refractivity contribution in [1.29, 1.82) is 0 Å². The fourth-order valence-electron chi connectivity index (χ4n) is 4.01. The predicted octanol–water partition coefficient (Wildman–Crippen LogP) is 5.23. The third kappa shape index (κ3) is 5.51. The zero-order valence-corrected chi connectivity index (χ0v) is 20.2. The molecular weight excluding hydrogens is 459 g/mol. The number of carbonyl (C=O) groups excluding carboxylic acids is 2. The standard InChI is InChI=1S/C22H28F3N3O4S/c1-11-7-13(8-12(2)28(11)20(30)32-21(3,4)5)31-16-9-15(22(23,24)25)18-17(27-16)14(10-33-18)19(29)26-6/h9-13H,7-8H2,1-6H3,(H,26,29)/t11-,12+,13?. The van der Waals surface area contributed by atoms with E-state index >= 15 is 0 Å². The number of hydrogen-bond donors (Lipinski definition) is 1. The van der Waals surface area contributed by atoms with Crippen molar-refractivity contribution in [2.24, 2.45) is 0 Å². The van der Waals surface area contributed by atoms with Crippen molar-refractivity contribution in [3.8, 4) is 5.88 Å². The molecule has 1 saturated heterocycles. The maximum Gasteiger partial charge on any atom is 0.418 e. The molecule has 2 aromatic rings. The molecular formula is C22H28F3N3O4S. The van der Waals surface area contributed by atoms with E-state index in [0.717, 1.165) is 17.4 Å². The van der Waals surface area contributed by atoms with Crippen LogP contribution in [0.15, 0.2) is 11.4 Å². The van der Waals surface area contributed by atoms with Crippen LogP contribution in [-0.2, 0) is 10.9 Å². The summed E-state index contributed by atoms with van der Waals surface area (Å²) in [6.07, 6.45) is -4.73. The average Bonchev–Trinajstić information content (AvgIpc) is 3.07. The number of carbonyl (C=O) groups is 2.